The van der Waals surface area contributed by atoms with Crippen molar-refractivity contribution in [1.82, 2.24) is 15.1 Å². The van der Waals surface area contributed by atoms with Gasteiger partial charge in [0.15, 0.2) is 0 Å². The minimum Gasteiger partial charge on any atom is -0.369 e. The van der Waals surface area contributed by atoms with Crippen molar-refractivity contribution < 1.29 is 0 Å². The van der Waals surface area contributed by atoms with Crippen LogP contribution in [-0.4, -0.2) is 42.4 Å². The zero-order valence-electron chi connectivity index (χ0n) is 27.9. The van der Waals surface area contributed by atoms with Crippen LogP contribution in [0.25, 0.3) is 5.57 Å². The highest BCUT2D eigenvalue weighted by atomic mass is 15.4. The van der Waals surface area contributed by atoms with Crippen molar-refractivity contribution >= 4 is 11.4 Å². The molecule has 2 aromatic rings. The normalized spacial score (nSPS) is 24.3. The van der Waals surface area contributed by atoms with Gasteiger partial charge in [-0.05, 0) is 77.2 Å². The molecule has 0 spiro atoms. The maximum Gasteiger partial charge on any atom is 0.134 e. The van der Waals surface area contributed by atoms with E-state index in [9.17, 15) is 0 Å². The highest BCUT2D eigenvalue weighted by Gasteiger charge is 2.31. The molecule has 0 bridgehead atoms. The Balaban J connectivity index is 1.37. The number of hydrogen-bond acceptors (Lipinski definition) is 4. The summed E-state index contributed by atoms with van der Waals surface area (Å²) in [5.41, 5.74) is 9.66. The number of rotatable bonds is 6. The fourth-order valence-electron chi connectivity index (χ4n) is 6.24. The molecule has 0 aromatic heterocycles. The van der Waals surface area contributed by atoms with Gasteiger partial charge in [-0.3, -0.25) is 5.32 Å². The van der Waals surface area contributed by atoms with Crippen molar-refractivity contribution in [2.75, 3.05) is 20.6 Å². The molecule has 2 heterocycles. The van der Waals surface area contributed by atoms with Crippen LogP contribution in [0.4, 0.5) is 0 Å². The summed E-state index contributed by atoms with van der Waals surface area (Å²) in [6.45, 7) is 2.79. The Morgan fingerprint density at radius 3 is 2.69 bits per heavy atom. The fraction of sp³-hybridized carbons (Fsp3) is 0.205. The summed E-state index contributed by atoms with van der Waals surface area (Å²) < 4.78 is 0. The van der Waals surface area contributed by atoms with Crippen LogP contribution in [0.5, 0.6) is 0 Å². The number of nitrogens with one attached hydrogen (secondary N) is 1. The van der Waals surface area contributed by atoms with E-state index in [1.165, 1.54) is 5.57 Å². The number of allylic oxidation sites excluding steroid dienone is 13. The predicted molar refractivity (Wildman–Crippen MR) is 200 cm³/mol. The van der Waals surface area contributed by atoms with Crippen molar-refractivity contribution in [3.63, 3.8) is 0 Å². The first-order valence-electron chi connectivity index (χ1n) is 16.4. The summed E-state index contributed by atoms with van der Waals surface area (Å²) in [5.74, 6) is 16.9. The predicted octanol–water partition coefficient (Wildman–Crippen LogP) is 7.86. The first kappa shape index (κ1) is 32.2. The maximum atomic E-state index is 6.14. The summed E-state index contributed by atoms with van der Waals surface area (Å²) in [6.07, 6.45) is 31.6. The number of terminal acetylenes is 1. The summed E-state index contributed by atoms with van der Waals surface area (Å²) in [7, 11) is 4.13. The van der Waals surface area contributed by atoms with Gasteiger partial charge in [-0.2, -0.15) is 0 Å². The number of aliphatic imine (C=N–C) groups is 1. The van der Waals surface area contributed by atoms with Crippen LogP contribution in [0.1, 0.15) is 54.6 Å². The zero-order valence-corrected chi connectivity index (χ0v) is 27.9. The van der Waals surface area contributed by atoms with Crippen LogP contribution in [0, 0.1) is 36.0 Å². The van der Waals surface area contributed by atoms with E-state index in [-0.39, 0.29) is 12.3 Å². The van der Waals surface area contributed by atoms with Gasteiger partial charge >= 0.3 is 0 Å². The van der Waals surface area contributed by atoms with Gasteiger partial charge in [0, 0.05) is 43.6 Å². The Morgan fingerprint density at radius 1 is 1.00 bits per heavy atom. The smallest absolute Gasteiger partial charge is 0.134 e. The Bertz CT molecular complexity index is 2010. The van der Waals surface area contributed by atoms with Crippen LogP contribution in [-0.2, 0) is 0 Å². The topological polar surface area (TPSA) is 30.9 Å². The summed E-state index contributed by atoms with van der Waals surface area (Å²) in [6, 6.07) is 16.9. The van der Waals surface area contributed by atoms with E-state index in [1.54, 1.807) is 0 Å². The third-order valence-electron chi connectivity index (χ3n) is 8.74. The van der Waals surface area contributed by atoms with Crippen molar-refractivity contribution in [2.24, 2.45) is 4.99 Å². The summed E-state index contributed by atoms with van der Waals surface area (Å²) in [5, 5.41) is 3.84. The Labute approximate surface area is 286 Å². The molecule has 236 valence electrons. The Morgan fingerprint density at radius 2 is 1.85 bits per heavy atom. The minimum absolute atomic E-state index is 0.149. The lowest BCUT2D eigenvalue weighted by Gasteiger charge is -2.39. The molecule has 6 rings (SSSR count). The van der Waals surface area contributed by atoms with E-state index in [2.05, 4.69) is 168 Å². The van der Waals surface area contributed by atoms with Crippen LogP contribution in [0.2, 0.25) is 0 Å². The van der Waals surface area contributed by atoms with Gasteiger partial charge in [-0.25, -0.2) is 4.99 Å². The first-order chi connectivity index (χ1) is 23.6. The molecule has 4 heteroatoms. The zero-order chi connectivity index (χ0) is 33.3. The molecule has 0 amide bonds. The standard InChI is InChI=1S/C44H40N4/c1-5-33-26-29-39(32-41(33)40(6-2)36-23-15-22-35(27-28-36)34-24-16-30-47(3)31-17-25-34)44-46-42(37-18-11-8-7-9-12-19-37)45-43(48(44)4)38-20-13-10-14-21-38/h1,6,10-11,13-16,18-22,24,26-30,32,42,44,46H,8,12,23,31H2,2-4H3/b18-11-,30-16-,34-24+,37-19+,40-6-. The molecular weight excluding hydrogens is 585 g/mol. The molecule has 1 N–H and O–H groups in total. The molecule has 0 fully saturated rings. The molecule has 48 heavy (non-hydrogen) atoms. The fourth-order valence-corrected chi connectivity index (χ4v) is 6.24. The lowest BCUT2D eigenvalue weighted by atomic mass is 9.89. The van der Waals surface area contributed by atoms with Crippen molar-refractivity contribution in [3.05, 3.63) is 160 Å². The monoisotopic (exact) mass is 624 g/mol. The first-order valence-corrected chi connectivity index (χ1v) is 16.4. The molecule has 2 atom stereocenters. The van der Waals surface area contributed by atoms with E-state index in [0.29, 0.717) is 13.0 Å². The van der Waals surface area contributed by atoms with Crippen molar-refractivity contribution in [3.8, 4) is 36.0 Å². The van der Waals surface area contributed by atoms with Crippen molar-refractivity contribution in [2.45, 2.75) is 38.5 Å². The van der Waals surface area contributed by atoms with Gasteiger partial charge in [-0.1, -0.05) is 115 Å². The van der Waals surface area contributed by atoms with E-state index in [0.717, 1.165) is 63.2 Å². The van der Waals surface area contributed by atoms with Gasteiger partial charge in [0.1, 0.15) is 18.2 Å². The average Bonchev–Trinajstić information content (AvgIpc) is 3.33. The molecule has 4 nitrogen and oxygen atoms in total. The minimum atomic E-state index is -0.228. The molecule has 0 radical (unpaired) electrons. The second-order valence-corrected chi connectivity index (χ2v) is 12.0. The maximum absolute atomic E-state index is 6.14. The van der Waals surface area contributed by atoms with E-state index >= 15 is 0 Å². The lowest BCUT2D eigenvalue weighted by molar-refractivity contribution is 0.270. The molecule has 0 saturated carbocycles. The summed E-state index contributed by atoms with van der Waals surface area (Å²) in [4.78, 5) is 9.53. The molecule has 2 aliphatic carbocycles. The number of benzene rings is 2. The largest absolute Gasteiger partial charge is 0.369 e. The van der Waals surface area contributed by atoms with Gasteiger partial charge in [0.05, 0.1) is 6.54 Å². The van der Waals surface area contributed by atoms with Gasteiger partial charge in [0.2, 0.25) is 0 Å². The van der Waals surface area contributed by atoms with Crippen LogP contribution < -0.4 is 5.32 Å². The quantitative estimate of drug-likeness (QED) is 0.332. The van der Waals surface area contributed by atoms with Gasteiger partial charge in [-0.15, -0.1) is 6.42 Å². The Hall–Kier alpha value is -5.73. The number of amidine groups is 1. The SMILES string of the molecule is C#Cc1ccc(C2NC(C3=C/CC#CC/C=C\3)N=C(c3ccccc3)N2C)cc1/C(=C\C)C1=CC=C(/C2=C/C=C\N(C)CC#C2)C=CC1. The third-order valence-corrected chi connectivity index (χ3v) is 8.74. The highest BCUT2D eigenvalue weighted by Crippen LogP contribution is 2.34. The molecular formula is C44H40N4. The highest BCUT2D eigenvalue weighted by molar-refractivity contribution is 5.99. The van der Waals surface area contributed by atoms with E-state index in [4.69, 9.17) is 11.4 Å². The van der Waals surface area contributed by atoms with Gasteiger partial charge in [0.25, 0.3) is 0 Å². The van der Waals surface area contributed by atoms with Crippen LogP contribution in [0.3, 0.4) is 0 Å². The Kier molecular flexibility index (Phi) is 10.2. The van der Waals surface area contributed by atoms with Gasteiger partial charge < -0.3 is 9.80 Å². The third kappa shape index (κ3) is 7.29. The number of hydrogen-bond donors (Lipinski definition) is 1. The molecule has 2 aromatic carbocycles. The second-order valence-electron chi connectivity index (χ2n) is 12.0. The molecule has 4 aliphatic rings. The average molecular weight is 625 g/mol. The van der Waals surface area contributed by atoms with E-state index in [1.807, 2.05) is 13.1 Å². The van der Waals surface area contributed by atoms with Crippen LogP contribution in [0.15, 0.2) is 143 Å². The molecule has 2 unspecified atom stereocenters. The molecule has 2 aliphatic heterocycles. The molecule has 0 saturated heterocycles. The van der Waals surface area contributed by atoms with Crippen LogP contribution >= 0.6 is 0 Å². The summed E-state index contributed by atoms with van der Waals surface area (Å²) >= 11 is 0. The second kappa shape index (κ2) is 15.2. The van der Waals surface area contributed by atoms with E-state index < -0.39 is 0 Å². The number of nitrogens with zero attached hydrogens (tertiary/aromatic N) is 3. The lowest BCUT2D eigenvalue weighted by Crippen LogP contribution is -2.49. The van der Waals surface area contributed by atoms with Crippen molar-refractivity contribution in [1.29, 1.82) is 0 Å².